The molecule has 4 bridgehead atoms. The molecule has 0 aromatic heterocycles. The van der Waals surface area contributed by atoms with Crippen molar-refractivity contribution in [2.45, 2.75) is 113 Å². The number of nitrogens with zero attached hydrogens (tertiary/aromatic N) is 2. The first-order valence-corrected chi connectivity index (χ1v) is 19.4. The van der Waals surface area contributed by atoms with Crippen LogP contribution in [0.5, 0.6) is 0 Å². The second-order valence-electron chi connectivity index (χ2n) is 14.7. The van der Waals surface area contributed by atoms with E-state index in [0.717, 1.165) is 42.4 Å². The van der Waals surface area contributed by atoms with E-state index in [0.29, 0.717) is 38.8 Å². The van der Waals surface area contributed by atoms with Crippen LogP contribution < -0.4 is 15.4 Å². The van der Waals surface area contributed by atoms with Gasteiger partial charge in [-0.3, -0.25) is 28.8 Å². The van der Waals surface area contributed by atoms with Gasteiger partial charge >= 0.3 is 6.09 Å². The minimum atomic E-state index is -3.88. The number of hydrogen-bond acceptors (Lipinski definition) is 8. The summed E-state index contributed by atoms with van der Waals surface area (Å²) in [5.74, 6) is -2.80. The molecule has 3 aliphatic heterocycles. The number of carbonyl (C=O) groups is 5. The molecule has 268 valence electrons. The minimum Gasteiger partial charge on any atom is -0.444 e. The fraction of sp³-hybridized carbons (Fsp3) is 0.583. The number of allylic oxidation sites excluding steroid dienone is 1. The Hall–Kier alpha value is -4.20. The van der Waals surface area contributed by atoms with Gasteiger partial charge in [-0.15, -0.1) is 6.58 Å². The van der Waals surface area contributed by atoms with E-state index in [1.165, 1.54) is 11.0 Å². The van der Waals surface area contributed by atoms with E-state index in [4.69, 9.17) is 4.74 Å². The van der Waals surface area contributed by atoms with E-state index in [-0.39, 0.29) is 37.6 Å². The van der Waals surface area contributed by atoms with Crippen molar-refractivity contribution in [3.05, 3.63) is 53.6 Å². The minimum absolute atomic E-state index is 0.0275. The van der Waals surface area contributed by atoms with Crippen LogP contribution in [0.25, 0.3) is 6.08 Å². The van der Waals surface area contributed by atoms with Gasteiger partial charge in [0.05, 0.1) is 18.3 Å². The van der Waals surface area contributed by atoms with Gasteiger partial charge in [-0.25, -0.2) is 13.2 Å². The molecule has 14 heteroatoms. The Morgan fingerprint density at radius 2 is 1.84 bits per heavy atom. The van der Waals surface area contributed by atoms with Gasteiger partial charge in [0.2, 0.25) is 27.7 Å². The highest BCUT2D eigenvalue weighted by molar-refractivity contribution is 7.91. The summed E-state index contributed by atoms with van der Waals surface area (Å²) >= 11 is 0. The highest BCUT2D eigenvalue weighted by Crippen LogP contribution is 2.45. The van der Waals surface area contributed by atoms with Gasteiger partial charge in [-0.05, 0) is 67.6 Å². The van der Waals surface area contributed by atoms with Crippen LogP contribution >= 0.6 is 0 Å². The fourth-order valence-corrected chi connectivity index (χ4v) is 9.40. The molecule has 50 heavy (non-hydrogen) atoms. The summed E-state index contributed by atoms with van der Waals surface area (Å²) in [6.45, 7) is 4.41. The average molecular weight is 708 g/mol. The van der Waals surface area contributed by atoms with Crippen molar-refractivity contribution < 1.29 is 37.1 Å². The van der Waals surface area contributed by atoms with Crippen molar-refractivity contribution in [2.24, 2.45) is 11.8 Å². The third-order valence-corrected chi connectivity index (χ3v) is 13.0. The molecule has 0 unspecified atom stereocenters. The van der Waals surface area contributed by atoms with Crippen molar-refractivity contribution in [1.82, 2.24) is 25.2 Å². The zero-order chi connectivity index (χ0) is 35.2. The lowest BCUT2D eigenvalue weighted by molar-refractivity contribution is -0.143. The Balaban J connectivity index is 1.16. The smallest absolute Gasteiger partial charge is 0.410 e. The summed E-state index contributed by atoms with van der Waals surface area (Å²) in [4.78, 5) is 71.8. The summed E-state index contributed by atoms with van der Waals surface area (Å²) in [7, 11) is -3.88. The molecule has 3 heterocycles. The monoisotopic (exact) mass is 707 g/mol. The molecule has 1 aromatic rings. The van der Waals surface area contributed by atoms with Crippen LogP contribution in [-0.2, 0) is 47.0 Å². The molecule has 6 aliphatic rings. The molecule has 5 amide bonds. The number of nitrogens with one attached hydrogen (secondary N) is 3. The van der Waals surface area contributed by atoms with Crippen LogP contribution in [-0.4, -0.2) is 83.5 Å². The number of sulfonamides is 1. The summed E-state index contributed by atoms with van der Waals surface area (Å²) < 4.78 is 33.4. The molecule has 3 saturated carbocycles. The van der Waals surface area contributed by atoms with Crippen LogP contribution in [0.2, 0.25) is 0 Å². The Morgan fingerprint density at radius 3 is 2.56 bits per heavy atom. The quantitative estimate of drug-likeness (QED) is 0.363. The summed E-state index contributed by atoms with van der Waals surface area (Å²) in [5, 5.41) is 5.14. The molecule has 13 nitrogen and oxygen atoms in total. The molecule has 7 rings (SSSR count). The Kier molecular flexibility index (Phi) is 9.25. The zero-order valence-electron chi connectivity index (χ0n) is 28.1. The lowest BCUT2D eigenvalue weighted by Gasteiger charge is -2.32. The summed E-state index contributed by atoms with van der Waals surface area (Å²) in [6.07, 6.45) is 10.0. The van der Waals surface area contributed by atoms with E-state index in [2.05, 4.69) is 21.9 Å². The highest BCUT2D eigenvalue weighted by atomic mass is 32.2. The van der Waals surface area contributed by atoms with E-state index in [1.54, 1.807) is 4.90 Å². The second kappa shape index (κ2) is 13.5. The van der Waals surface area contributed by atoms with E-state index >= 15 is 0 Å². The average Bonchev–Trinajstić information content (AvgIpc) is 3.86. The van der Waals surface area contributed by atoms with Crippen LogP contribution in [0.3, 0.4) is 0 Å². The van der Waals surface area contributed by atoms with E-state index < -0.39 is 68.7 Å². The maximum Gasteiger partial charge on any atom is 0.410 e. The number of ether oxygens (including phenoxy) is 1. The Morgan fingerprint density at radius 1 is 1.06 bits per heavy atom. The fourth-order valence-electron chi connectivity index (χ4n) is 8.03. The van der Waals surface area contributed by atoms with Crippen molar-refractivity contribution in [1.29, 1.82) is 0 Å². The van der Waals surface area contributed by atoms with Gasteiger partial charge in [0.1, 0.15) is 23.7 Å². The van der Waals surface area contributed by atoms with Crippen LogP contribution in [0.15, 0.2) is 36.9 Å². The molecule has 1 aromatic carbocycles. The zero-order valence-corrected chi connectivity index (χ0v) is 28.9. The van der Waals surface area contributed by atoms with Crippen molar-refractivity contribution in [3.63, 3.8) is 0 Å². The number of carbonyl (C=O) groups excluding carboxylic acids is 5. The summed E-state index contributed by atoms with van der Waals surface area (Å²) in [6, 6.07) is 3.92. The van der Waals surface area contributed by atoms with Crippen molar-refractivity contribution in [3.8, 4) is 0 Å². The Bertz CT molecular complexity index is 1730. The molecule has 5 atom stereocenters. The highest BCUT2D eigenvalue weighted by Gasteiger charge is 2.62. The SMILES string of the molecule is C=C[C@@H]1C[C@]1(NC(=O)[C@@H]1C[C@@H]2CN1C(=O)[C@H](C1CCCC1)NC(=O)CCC/C=C/c1cccc3c1CN(C3)C(=O)O2)C(=O)NS(=O)(=O)C1CC1. The Labute approximate surface area is 292 Å². The molecule has 4 fully saturated rings. The van der Waals surface area contributed by atoms with Gasteiger partial charge in [0.15, 0.2) is 0 Å². The van der Waals surface area contributed by atoms with Gasteiger partial charge < -0.3 is 20.3 Å². The van der Waals surface area contributed by atoms with Gasteiger partial charge in [0.25, 0.3) is 5.91 Å². The van der Waals surface area contributed by atoms with E-state index in [9.17, 15) is 32.4 Å². The number of rotatable bonds is 7. The number of amides is 5. The van der Waals surface area contributed by atoms with Gasteiger partial charge in [0, 0.05) is 25.3 Å². The number of fused-ring (bicyclic) bond motifs is 3. The predicted molar refractivity (Wildman–Crippen MR) is 182 cm³/mol. The van der Waals surface area contributed by atoms with Gasteiger partial charge in [-0.2, -0.15) is 0 Å². The standard InChI is InChI=1S/C36H45N5O8S/c1-2-25-18-36(25,34(45)39-50(47,48)27-15-16-27)38-32(43)29-17-26-20-41(29)33(44)31(23-10-6-7-11-23)37-30(42)14-5-3-4-9-22-12-8-13-24-19-40(21-28(22)24)35(46)49-26/h2,4,8-9,12-13,23,25-27,29,31H,1,3,5-7,10-11,14-21H2,(H,37,42)(H,38,43)(H,39,45)/b9-4+/t25-,26-,29+,31+,36-/m1/s1. The molecular formula is C36H45N5O8S. The first kappa shape index (κ1) is 34.3. The van der Waals surface area contributed by atoms with Crippen molar-refractivity contribution >= 4 is 45.8 Å². The predicted octanol–water partition coefficient (Wildman–Crippen LogP) is 2.65. The number of benzene rings is 1. The third kappa shape index (κ3) is 6.78. The first-order chi connectivity index (χ1) is 24.0. The molecule has 3 aliphatic carbocycles. The van der Waals surface area contributed by atoms with E-state index in [1.807, 2.05) is 30.4 Å². The number of hydrogen-bond donors (Lipinski definition) is 3. The topological polar surface area (TPSA) is 171 Å². The molecule has 0 radical (unpaired) electrons. The van der Waals surface area contributed by atoms with Crippen molar-refractivity contribution in [2.75, 3.05) is 6.54 Å². The molecule has 1 saturated heterocycles. The maximum atomic E-state index is 14.5. The maximum absolute atomic E-state index is 14.5. The lowest BCUT2D eigenvalue weighted by Crippen LogP contribution is -2.59. The largest absolute Gasteiger partial charge is 0.444 e. The molecular weight excluding hydrogens is 662 g/mol. The van der Waals surface area contributed by atoms with Gasteiger partial charge in [-0.1, -0.05) is 49.3 Å². The van der Waals surface area contributed by atoms with Crippen LogP contribution in [0.1, 0.15) is 87.3 Å². The second-order valence-corrected chi connectivity index (χ2v) is 16.6. The first-order valence-electron chi connectivity index (χ1n) is 17.8. The lowest BCUT2D eigenvalue weighted by atomic mass is 9.96. The van der Waals surface area contributed by atoms with Crippen LogP contribution in [0, 0.1) is 11.8 Å². The molecule has 0 spiro atoms. The molecule has 3 N–H and O–H groups in total. The normalized spacial score (nSPS) is 30.9. The third-order valence-electron chi connectivity index (χ3n) is 11.2. The van der Waals surface area contributed by atoms with Crippen LogP contribution in [0.4, 0.5) is 4.79 Å². The summed E-state index contributed by atoms with van der Waals surface area (Å²) in [5.41, 5.74) is 1.49.